The Morgan fingerprint density at radius 2 is 1.83 bits per heavy atom. The number of benzene rings is 2. The maximum atomic E-state index is 12.7. The maximum Gasteiger partial charge on any atom is 0.330 e. The van der Waals surface area contributed by atoms with Gasteiger partial charge in [0.2, 0.25) is 5.91 Å². The number of amides is 1. The molecule has 7 nitrogen and oxygen atoms in total. The first-order chi connectivity index (χ1) is 14.3. The zero-order chi connectivity index (χ0) is 21.4. The molecule has 0 unspecified atom stereocenters. The van der Waals surface area contributed by atoms with E-state index in [-0.39, 0.29) is 12.3 Å². The van der Waals surface area contributed by atoms with Gasteiger partial charge in [-0.3, -0.25) is 18.7 Å². The summed E-state index contributed by atoms with van der Waals surface area (Å²) < 4.78 is 3.44. The van der Waals surface area contributed by atoms with Crippen LogP contribution in [0.25, 0.3) is 22.2 Å². The summed E-state index contributed by atoms with van der Waals surface area (Å²) in [6.45, 7) is 0. The van der Waals surface area contributed by atoms with Crippen molar-refractivity contribution >= 4 is 49.2 Å². The quantitative estimate of drug-likeness (QED) is 0.481. The smallest absolute Gasteiger partial charge is 0.302 e. The summed E-state index contributed by atoms with van der Waals surface area (Å²) in [4.78, 5) is 41.9. The molecule has 152 valence electrons. The number of hydrogen-bond donors (Lipinski definition) is 1. The van der Waals surface area contributed by atoms with Gasteiger partial charge in [0.25, 0.3) is 5.56 Å². The van der Waals surface area contributed by atoms with Crippen LogP contribution < -0.4 is 16.6 Å². The van der Waals surface area contributed by atoms with Gasteiger partial charge in [-0.05, 0) is 23.8 Å². The normalized spacial score (nSPS) is 11.0. The standard InChI is InChI=1S/C21H17BrN4O3S/c1-25-16-5-3-4-13(18(16)19(28)26(2)21(25)29)10-17(27)24-20-23-15(11-30-20)12-6-8-14(22)9-7-12/h3-9,11H,10H2,1-2H3,(H,23,24,27). The van der Waals surface area contributed by atoms with E-state index in [1.54, 1.807) is 25.2 Å². The Balaban J connectivity index is 1.60. The van der Waals surface area contributed by atoms with E-state index in [0.717, 1.165) is 20.3 Å². The monoisotopic (exact) mass is 484 g/mol. The number of nitrogens with one attached hydrogen (secondary N) is 1. The first-order valence-corrected chi connectivity index (χ1v) is 10.7. The van der Waals surface area contributed by atoms with Crippen molar-refractivity contribution in [2.45, 2.75) is 6.42 Å². The van der Waals surface area contributed by atoms with Crippen LogP contribution in [0.4, 0.5) is 5.13 Å². The topological polar surface area (TPSA) is 86.0 Å². The second-order valence-electron chi connectivity index (χ2n) is 6.79. The minimum Gasteiger partial charge on any atom is -0.302 e. The van der Waals surface area contributed by atoms with Crippen LogP contribution in [-0.4, -0.2) is 20.0 Å². The third kappa shape index (κ3) is 3.73. The molecule has 0 radical (unpaired) electrons. The second-order valence-corrected chi connectivity index (χ2v) is 8.56. The summed E-state index contributed by atoms with van der Waals surface area (Å²) >= 11 is 4.74. The molecular weight excluding hydrogens is 468 g/mol. The van der Waals surface area contributed by atoms with E-state index >= 15 is 0 Å². The van der Waals surface area contributed by atoms with Crippen molar-refractivity contribution in [1.82, 2.24) is 14.1 Å². The lowest BCUT2D eigenvalue weighted by Gasteiger charge is -2.10. The minimum absolute atomic E-state index is 0.00200. The number of halogens is 1. The number of carbonyl (C=O) groups excluding carboxylic acids is 1. The van der Waals surface area contributed by atoms with Crippen LogP contribution in [-0.2, 0) is 25.3 Å². The number of aryl methyl sites for hydroxylation is 1. The SMILES string of the molecule is Cn1c(=O)c2c(CC(=O)Nc3nc(-c4ccc(Br)cc4)cs3)cccc2n(C)c1=O. The van der Waals surface area contributed by atoms with Gasteiger partial charge in [0.05, 0.1) is 23.0 Å². The van der Waals surface area contributed by atoms with Crippen molar-refractivity contribution in [3.8, 4) is 11.3 Å². The number of aromatic nitrogens is 3. The van der Waals surface area contributed by atoms with Crippen LogP contribution in [0.3, 0.4) is 0 Å². The number of carbonyl (C=O) groups is 1. The van der Waals surface area contributed by atoms with Crippen molar-refractivity contribution in [2.24, 2.45) is 14.1 Å². The van der Waals surface area contributed by atoms with Crippen molar-refractivity contribution in [2.75, 3.05) is 5.32 Å². The van der Waals surface area contributed by atoms with Crippen molar-refractivity contribution in [3.05, 3.63) is 78.7 Å². The molecule has 4 rings (SSSR count). The fourth-order valence-electron chi connectivity index (χ4n) is 3.26. The highest BCUT2D eigenvalue weighted by Crippen LogP contribution is 2.26. The average Bonchev–Trinajstić information content (AvgIpc) is 3.19. The van der Waals surface area contributed by atoms with E-state index in [1.165, 1.54) is 23.0 Å². The Morgan fingerprint density at radius 1 is 1.10 bits per heavy atom. The average molecular weight is 485 g/mol. The summed E-state index contributed by atoms with van der Waals surface area (Å²) in [5.41, 5.74) is 1.97. The van der Waals surface area contributed by atoms with Crippen molar-refractivity contribution in [3.63, 3.8) is 0 Å². The lowest BCUT2D eigenvalue weighted by Crippen LogP contribution is -2.37. The molecule has 2 aromatic carbocycles. The highest BCUT2D eigenvalue weighted by molar-refractivity contribution is 9.10. The van der Waals surface area contributed by atoms with E-state index in [1.807, 2.05) is 29.6 Å². The zero-order valence-electron chi connectivity index (χ0n) is 16.2. The molecule has 0 saturated carbocycles. The minimum atomic E-state index is -0.414. The van der Waals surface area contributed by atoms with E-state index in [0.29, 0.717) is 21.6 Å². The largest absolute Gasteiger partial charge is 0.330 e. The predicted octanol–water partition coefficient (Wildman–Crippen LogP) is 3.30. The number of anilines is 1. The Labute approximate surface area is 183 Å². The van der Waals surface area contributed by atoms with Crippen molar-refractivity contribution in [1.29, 1.82) is 0 Å². The van der Waals surface area contributed by atoms with Gasteiger partial charge in [-0.1, -0.05) is 40.2 Å². The molecule has 1 N–H and O–H groups in total. The third-order valence-electron chi connectivity index (χ3n) is 4.82. The molecule has 2 aromatic heterocycles. The van der Waals surface area contributed by atoms with Crippen LogP contribution in [0.15, 0.2) is 61.9 Å². The summed E-state index contributed by atoms with van der Waals surface area (Å²) in [7, 11) is 3.04. The molecule has 0 fully saturated rings. The lowest BCUT2D eigenvalue weighted by molar-refractivity contribution is -0.115. The first-order valence-electron chi connectivity index (χ1n) is 9.04. The third-order valence-corrected chi connectivity index (χ3v) is 6.11. The molecule has 0 spiro atoms. The fraction of sp³-hybridized carbons (Fsp3) is 0.143. The maximum absolute atomic E-state index is 12.7. The zero-order valence-corrected chi connectivity index (χ0v) is 18.6. The summed E-state index contributed by atoms with van der Waals surface area (Å²) in [6.07, 6.45) is -0.00200. The second kappa shape index (κ2) is 8.00. The van der Waals surface area contributed by atoms with Crippen LogP contribution in [0.2, 0.25) is 0 Å². The molecule has 0 aliphatic heterocycles. The highest BCUT2D eigenvalue weighted by Gasteiger charge is 2.15. The number of fused-ring (bicyclic) bond motifs is 1. The van der Waals surface area contributed by atoms with E-state index < -0.39 is 11.2 Å². The highest BCUT2D eigenvalue weighted by atomic mass is 79.9. The molecule has 4 aromatic rings. The molecule has 0 atom stereocenters. The van der Waals surface area contributed by atoms with Crippen LogP contribution in [0, 0.1) is 0 Å². The lowest BCUT2D eigenvalue weighted by atomic mass is 10.1. The molecule has 0 aliphatic rings. The van der Waals surface area contributed by atoms with Gasteiger partial charge in [-0.15, -0.1) is 11.3 Å². The van der Waals surface area contributed by atoms with Crippen LogP contribution >= 0.6 is 27.3 Å². The molecule has 30 heavy (non-hydrogen) atoms. The molecular formula is C21H17BrN4O3S. The van der Waals surface area contributed by atoms with E-state index in [4.69, 9.17) is 0 Å². The number of hydrogen-bond acceptors (Lipinski definition) is 5. The number of nitrogens with zero attached hydrogens (tertiary/aromatic N) is 3. The Morgan fingerprint density at radius 3 is 2.57 bits per heavy atom. The summed E-state index contributed by atoms with van der Waals surface area (Å²) in [5, 5.41) is 5.53. The van der Waals surface area contributed by atoms with Crippen LogP contribution in [0.1, 0.15) is 5.56 Å². The summed E-state index contributed by atoms with van der Waals surface area (Å²) in [6, 6.07) is 12.9. The summed E-state index contributed by atoms with van der Waals surface area (Å²) in [5.74, 6) is -0.282. The Kier molecular flexibility index (Phi) is 5.40. The van der Waals surface area contributed by atoms with Crippen molar-refractivity contribution < 1.29 is 4.79 Å². The van der Waals surface area contributed by atoms with Crippen LogP contribution in [0.5, 0.6) is 0 Å². The Hall–Kier alpha value is -3.04. The molecule has 9 heteroatoms. The molecule has 0 aliphatic carbocycles. The van der Waals surface area contributed by atoms with Gasteiger partial charge in [0, 0.05) is 29.5 Å². The fourth-order valence-corrected chi connectivity index (χ4v) is 4.26. The van der Waals surface area contributed by atoms with Gasteiger partial charge in [-0.25, -0.2) is 9.78 Å². The van der Waals surface area contributed by atoms with Gasteiger partial charge >= 0.3 is 5.69 Å². The molecule has 0 saturated heterocycles. The molecule has 2 heterocycles. The number of rotatable bonds is 4. The van der Waals surface area contributed by atoms with Gasteiger partial charge in [0.1, 0.15) is 0 Å². The van der Waals surface area contributed by atoms with Gasteiger partial charge in [0.15, 0.2) is 5.13 Å². The van der Waals surface area contributed by atoms with Gasteiger partial charge in [-0.2, -0.15) is 0 Å². The van der Waals surface area contributed by atoms with Gasteiger partial charge < -0.3 is 5.32 Å². The Bertz CT molecular complexity index is 1390. The molecule has 1 amide bonds. The predicted molar refractivity (Wildman–Crippen MR) is 122 cm³/mol. The first kappa shape index (κ1) is 20.2. The number of thiazole rings is 1. The molecule has 0 bridgehead atoms. The van der Waals surface area contributed by atoms with E-state index in [9.17, 15) is 14.4 Å². The van der Waals surface area contributed by atoms with E-state index in [2.05, 4.69) is 26.2 Å².